The number of amides is 3. The van der Waals surface area contributed by atoms with Gasteiger partial charge in [-0.15, -0.1) is 0 Å². The maximum atomic E-state index is 13.0. The van der Waals surface area contributed by atoms with Crippen molar-refractivity contribution in [3.05, 3.63) is 34.9 Å². The molecule has 0 bridgehead atoms. The van der Waals surface area contributed by atoms with Crippen LogP contribution in [0.5, 0.6) is 0 Å². The highest BCUT2D eigenvalue weighted by Gasteiger charge is 2.40. The van der Waals surface area contributed by atoms with Gasteiger partial charge in [0.05, 0.1) is 0 Å². The van der Waals surface area contributed by atoms with E-state index < -0.39 is 6.04 Å². The molecular weight excluding hydrogens is 370 g/mol. The predicted octanol–water partition coefficient (Wildman–Crippen LogP) is -0.0876. The van der Waals surface area contributed by atoms with E-state index in [-0.39, 0.29) is 24.1 Å². The number of imide groups is 1. The molecule has 3 heterocycles. The summed E-state index contributed by atoms with van der Waals surface area (Å²) in [4.78, 5) is 43.2. The van der Waals surface area contributed by atoms with Crippen LogP contribution in [0.2, 0.25) is 0 Å². The number of carbonyl (C=O) groups is 3. The van der Waals surface area contributed by atoms with Gasteiger partial charge in [-0.3, -0.25) is 24.6 Å². The molecule has 3 aliphatic rings. The van der Waals surface area contributed by atoms with Crippen molar-refractivity contribution in [3.8, 4) is 0 Å². The van der Waals surface area contributed by atoms with Crippen LogP contribution in [0.1, 0.15) is 40.7 Å². The topological polar surface area (TPSA) is 99.0 Å². The Morgan fingerprint density at radius 1 is 1.21 bits per heavy atom. The Labute approximate surface area is 171 Å². The molecular formula is C21H29N5O3. The first-order chi connectivity index (χ1) is 14.0. The summed E-state index contributed by atoms with van der Waals surface area (Å²) >= 11 is 0. The first-order valence-corrected chi connectivity index (χ1v) is 10.4. The number of nitrogens with zero attached hydrogens (tertiary/aromatic N) is 3. The van der Waals surface area contributed by atoms with Crippen LogP contribution in [0.15, 0.2) is 18.2 Å². The molecule has 0 saturated carbocycles. The van der Waals surface area contributed by atoms with Crippen LogP contribution in [0.25, 0.3) is 0 Å². The monoisotopic (exact) mass is 399 g/mol. The minimum Gasteiger partial charge on any atom is -0.330 e. The second-order valence-electron chi connectivity index (χ2n) is 8.31. The standard InChI is InChI=1S/C21H29N5O3/c1-24-9-10-25(15(12-24)7-8-22)11-14-3-2-4-16-17(14)13-26(21(16)29)18-5-6-19(27)23-20(18)28/h2-4,15,18H,5-13,22H2,1H3,(H,23,27,28). The summed E-state index contributed by atoms with van der Waals surface area (Å²) in [6, 6.07) is 5.67. The van der Waals surface area contributed by atoms with E-state index in [4.69, 9.17) is 5.73 Å². The van der Waals surface area contributed by atoms with E-state index in [1.54, 1.807) is 4.90 Å². The lowest BCUT2D eigenvalue weighted by molar-refractivity contribution is -0.136. The summed E-state index contributed by atoms with van der Waals surface area (Å²) in [5, 5.41) is 2.36. The maximum Gasteiger partial charge on any atom is 0.255 e. The molecule has 2 saturated heterocycles. The van der Waals surface area contributed by atoms with Crippen molar-refractivity contribution >= 4 is 17.7 Å². The molecule has 8 nitrogen and oxygen atoms in total. The zero-order valence-corrected chi connectivity index (χ0v) is 16.9. The van der Waals surface area contributed by atoms with Crippen molar-refractivity contribution in [2.45, 2.75) is 44.4 Å². The van der Waals surface area contributed by atoms with Crippen LogP contribution in [0.4, 0.5) is 0 Å². The van der Waals surface area contributed by atoms with Gasteiger partial charge >= 0.3 is 0 Å². The molecule has 0 aliphatic carbocycles. The van der Waals surface area contributed by atoms with E-state index in [1.807, 2.05) is 12.1 Å². The molecule has 0 spiro atoms. The molecule has 156 valence electrons. The van der Waals surface area contributed by atoms with E-state index in [0.717, 1.165) is 43.7 Å². The molecule has 29 heavy (non-hydrogen) atoms. The third-order valence-corrected chi connectivity index (χ3v) is 6.36. The Morgan fingerprint density at radius 2 is 2.03 bits per heavy atom. The number of fused-ring (bicyclic) bond motifs is 1. The molecule has 1 aromatic rings. The lowest BCUT2D eigenvalue weighted by Crippen LogP contribution is -2.52. The van der Waals surface area contributed by atoms with Gasteiger partial charge in [0.15, 0.2) is 0 Å². The third kappa shape index (κ3) is 3.92. The number of piperazine rings is 1. The Morgan fingerprint density at radius 3 is 2.79 bits per heavy atom. The fraction of sp³-hybridized carbons (Fsp3) is 0.571. The van der Waals surface area contributed by atoms with Crippen molar-refractivity contribution in [2.24, 2.45) is 5.73 Å². The average molecular weight is 399 g/mol. The van der Waals surface area contributed by atoms with Gasteiger partial charge in [0, 0.05) is 50.7 Å². The number of piperidine rings is 1. The second kappa shape index (κ2) is 8.22. The Balaban J connectivity index is 1.54. The molecule has 2 fully saturated rings. The van der Waals surface area contributed by atoms with Crippen LogP contribution in [0, 0.1) is 0 Å². The van der Waals surface area contributed by atoms with Gasteiger partial charge in [0.1, 0.15) is 6.04 Å². The summed E-state index contributed by atoms with van der Waals surface area (Å²) in [7, 11) is 2.14. The Hall–Kier alpha value is -2.29. The van der Waals surface area contributed by atoms with Crippen LogP contribution in [-0.2, 0) is 22.7 Å². The highest BCUT2D eigenvalue weighted by atomic mass is 16.2. The average Bonchev–Trinajstić information content (AvgIpc) is 3.02. The number of hydrogen-bond donors (Lipinski definition) is 2. The normalized spacial score (nSPS) is 26.0. The minimum absolute atomic E-state index is 0.117. The van der Waals surface area contributed by atoms with Crippen molar-refractivity contribution in [3.63, 3.8) is 0 Å². The van der Waals surface area contributed by atoms with E-state index in [1.165, 1.54) is 0 Å². The summed E-state index contributed by atoms with van der Waals surface area (Å²) < 4.78 is 0. The fourth-order valence-corrected chi connectivity index (χ4v) is 4.74. The first-order valence-electron chi connectivity index (χ1n) is 10.4. The Bertz CT molecular complexity index is 827. The molecule has 8 heteroatoms. The third-order valence-electron chi connectivity index (χ3n) is 6.36. The van der Waals surface area contributed by atoms with Gasteiger partial charge in [-0.2, -0.15) is 0 Å². The van der Waals surface area contributed by atoms with Crippen LogP contribution >= 0.6 is 0 Å². The summed E-state index contributed by atoms with van der Waals surface area (Å²) in [5.41, 5.74) is 8.65. The number of hydrogen-bond acceptors (Lipinski definition) is 6. The van der Waals surface area contributed by atoms with Gasteiger partial charge in [-0.1, -0.05) is 12.1 Å². The number of rotatable bonds is 5. The van der Waals surface area contributed by atoms with Crippen molar-refractivity contribution in [2.75, 3.05) is 33.2 Å². The molecule has 3 aliphatic heterocycles. The zero-order valence-electron chi connectivity index (χ0n) is 16.9. The lowest BCUT2D eigenvalue weighted by atomic mass is 10.0. The van der Waals surface area contributed by atoms with Crippen molar-refractivity contribution in [1.82, 2.24) is 20.0 Å². The molecule has 3 amide bonds. The van der Waals surface area contributed by atoms with E-state index in [9.17, 15) is 14.4 Å². The van der Waals surface area contributed by atoms with E-state index in [2.05, 4.69) is 28.2 Å². The summed E-state index contributed by atoms with van der Waals surface area (Å²) in [6.07, 6.45) is 1.60. The number of benzene rings is 1. The van der Waals surface area contributed by atoms with Crippen molar-refractivity contribution < 1.29 is 14.4 Å². The fourth-order valence-electron chi connectivity index (χ4n) is 4.74. The number of nitrogens with two attached hydrogens (primary N) is 1. The molecule has 1 aromatic carbocycles. The molecule has 0 radical (unpaired) electrons. The Kier molecular flexibility index (Phi) is 5.67. The first kappa shape index (κ1) is 20.0. The van der Waals surface area contributed by atoms with E-state index in [0.29, 0.717) is 31.1 Å². The second-order valence-corrected chi connectivity index (χ2v) is 8.31. The summed E-state index contributed by atoms with van der Waals surface area (Å²) in [5.74, 6) is -0.753. The smallest absolute Gasteiger partial charge is 0.255 e. The number of likely N-dealkylation sites (N-methyl/N-ethyl adjacent to an activating group) is 1. The van der Waals surface area contributed by atoms with Crippen LogP contribution < -0.4 is 11.1 Å². The molecule has 4 rings (SSSR count). The molecule has 2 unspecified atom stereocenters. The predicted molar refractivity (Wildman–Crippen MR) is 108 cm³/mol. The van der Waals surface area contributed by atoms with Gasteiger partial charge in [0.2, 0.25) is 11.8 Å². The summed E-state index contributed by atoms with van der Waals surface area (Å²) in [6.45, 7) is 4.83. The maximum absolute atomic E-state index is 13.0. The van der Waals surface area contributed by atoms with Gasteiger partial charge in [-0.25, -0.2) is 0 Å². The van der Waals surface area contributed by atoms with Gasteiger partial charge in [0.25, 0.3) is 5.91 Å². The zero-order chi connectivity index (χ0) is 20.5. The van der Waals surface area contributed by atoms with Gasteiger partial charge in [-0.05, 0) is 43.6 Å². The largest absolute Gasteiger partial charge is 0.330 e. The highest BCUT2D eigenvalue weighted by Crippen LogP contribution is 2.31. The molecule has 3 N–H and O–H groups in total. The minimum atomic E-state index is -0.575. The number of carbonyl (C=O) groups excluding carboxylic acids is 3. The van der Waals surface area contributed by atoms with Crippen LogP contribution in [0.3, 0.4) is 0 Å². The molecule has 2 atom stereocenters. The van der Waals surface area contributed by atoms with Crippen molar-refractivity contribution in [1.29, 1.82) is 0 Å². The van der Waals surface area contributed by atoms with E-state index >= 15 is 0 Å². The lowest BCUT2D eigenvalue weighted by Gasteiger charge is -2.40. The SMILES string of the molecule is CN1CCN(Cc2cccc3c2CN(C2CCC(=O)NC2=O)C3=O)C(CCN)C1. The highest BCUT2D eigenvalue weighted by molar-refractivity contribution is 6.05. The molecule has 0 aromatic heterocycles. The van der Waals surface area contributed by atoms with Crippen LogP contribution in [-0.4, -0.2) is 77.7 Å². The quantitative estimate of drug-likeness (QED) is 0.672. The van der Waals surface area contributed by atoms with Gasteiger partial charge < -0.3 is 15.5 Å². The number of nitrogens with one attached hydrogen (secondary N) is 1.